The molecule has 11 aromatic rings. The molecule has 5 heterocycles. The van der Waals surface area contributed by atoms with Crippen molar-refractivity contribution in [1.82, 2.24) is 24.9 Å². The number of ketones is 1. The molecule has 0 aliphatic heterocycles. The largest absolute Gasteiger partial charge is 0.392 e. The van der Waals surface area contributed by atoms with Crippen LogP contribution in [0.4, 0.5) is 34.1 Å². The van der Waals surface area contributed by atoms with Gasteiger partial charge in [0.15, 0.2) is 0 Å². The van der Waals surface area contributed by atoms with Crippen LogP contribution in [0.1, 0.15) is 156 Å². The van der Waals surface area contributed by atoms with E-state index in [9.17, 15) is 38.7 Å². The minimum absolute atomic E-state index is 0.0723. The third kappa shape index (κ3) is 14.9. The number of fused-ring (bicyclic) bond motifs is 3. The van der Waals surface area contributed by atoms with Crippen LogP contribution in [-0.4, -0.2) is 77.4 Å². The van der Waals surface area contributed by atoms with E-state index >= 15 is 0 Å². The number of nitrogens with zero attached hydrogens (tertiary/aromatic N) is 2. The third-order valence-electron chi connectivity index (χ3n) is 25.3. The van der Waals surface area contributed by atoms with Crippen LogP contribution < -0.4 is 31.9 Å². The molecule has 10 aliphatic carbocycles. The highest BCUT2D eigenvalue weighted by atomic mass is 16.3. The van der Waals surface area contributed by atoms with E-state index in [2.05, 4.69) is 75.9 Å². The van der Waals surface area contributed by atoms with E-state index in [-0.39, 0.29) is 87.4 Å². The molecule has 10 saturated carbocycles. The Morgan fingerprint density at radius 3 is 1.24 bits per heavy atom. The second kappa shape index (κ2) is 29.9. The minimum atomic E-state index is -0.385. The van der Waals surface area contributed by atoms with E-state index in [0.717, 1.165) is 192 Å². The van der Waals surface area contributed by atoms with E-state index < -0.39 is 0 Å². The maximum atomic E-state index is 13.6. The number of aromatic amines is 3. The fourth-order valence-corrected chi connectivity index (χ4v) is 20.3. The second-order valence-corrected chi connectivity index (χ2v) is 33.1. The summed E-state index contributed by atoms with van der Waals surface area (Å²) in [5, 5.41) is 32.2. The van der Waals surface area contributed by atoms with Crippen LogP contribution in [0.5, 0.6) is 0 Å². The molecule has 9 atom stereocenters. The molecule has 4 unspecified atom stereocenters. The van der Waals surface area contributed by atoms with Crippen LogP contribution in [0.2, 0.25) is 0 Å². The number of carbonyl (C=O) groups is 7. The van der Waals surface area contributed by atoms with Crippen molar-refractivity contribution >= 4 is 108 Å². The number of aromatic nitrogens is 5. The molecule has 560 valence electrons. The topological polar surface area (TPSA) is 285 Å². The van der Waals surface area contributed by atoms with Crippen molar-refractivity contribution in [3.05, 3.63) is 206 Å². The van der Waals surface area contributed by atoms with Crippen LogP contribution >= 0.6 is 0 Å². The Balaban J connectivity index is 0.000000121. The van der Waals surface area contributed by atoms with Crippen LogP contribution in [0, 0.1) is 57.7 Å². The van der Waals surface area contributed by atoms with Crippen LogP contribution in [-0.2, 0) is 24.0 Å². The molecule has 10 fully saturated rings. The van der Waals surface area contributed by atoms with Gasteiger partial charge in [-0.1, -0.05) is 94.0 Å². The molecule has 8 bridgehead atoms. The molecule has 21 rings (SSSR count). The van der Waals surface area contributed by atoms with Crippen LogP contribution in [0.15, 0.2) is 194 Å². The van der Waals surface area contributed by atoms with Gasteiger partial charge < -0.3 is 52.0 Å². The maximum Gasteiger partial charge on any atom is 0.274 e. The summed E-state index contributed by atoms with van der Waals surface area (Å²) in [4.78, 5) is 108. The van der Waals surface area contributed by atoms with Crippen molar-refractivity contribution in [2.45, 2.75) is 141 Å². The molecule has 19 heteroatoms. The van der Waals surface area contributed by atoms with Crippen molar-refractivity contribution in [3.8, 4) is 33.8 Å². The zero-order chi connectivity index (χ0) is 75.3. The third-order valence-corrected chi connectivity index (χ3v) is 25.3. The van der Waals surface area contributed by atoms with E-state index in [1.165, 1.54) is 12.8 Å². The van der Waals surface area contributed by atoms with Gasteiger partial charge in [-0.2, -0.15) is 0 Å². The summed E-state index contributed by atoms with van der Waals surface area (Å²) in [6, 6.07) is 58.0. The standard InChI is InChI=1S/C32H32N4O3.C31H28N4O3.C28H33N3O2/c1-31-15-19-12-22(28(31)37)17-32(16-19,18-31)30(39)35-23-7-5-20(6-8-23)27-14-21-13-24(9-10-25(21)36-27)34-29(38)26-4-2-3-11-33-26;36-28-21-11-18-12-22(28)17-31(15-18,16-21)30(38)34-23-6-4-19(5-7-23)27-14-20-13-24(8-9-25(20)35-27)33-29(37)26-3-1-2-10-32-26;32-27(20-7-3-1-4-8-20)29-23-13-11-19(12-14-23)26-18-22-17-24(15-16-25(22)31-26)30-28(33)21-9-5-2-6-10-21/h2-11,13-14,19,22,28,36-37H,12,15-18H2,1H3,(H,34,38)(H,35,39);1-10,13-14,18,21-22,35H,11-12,15-17H2,(H,33,37)(H,34,38);11-18,20-21,31H,1-10H2,(H,29,32)(H,30,33)/t19-,22-,28?,31+,32?;18?,21-,22+,31?;/m1../s1. The summed E-state index contributed by atoms with van der Waals surface area (Å²) in [5.74, 6) is 2.15. The molecule has 10 aliphatic rings. The Bertz CT molecular complexity index is 5290. The van der Waals surface area contributed by atoms with Crippen LogP contribution in [0.3, 0.4) is 0 Å². The minimum Gasteiger partial charge on any atom is -0.392 e. The fraction of sp³-hybridized carbons (Fsp3) is 0.352. The normalized spacial score (nSPS) is 24.4. The Kier molecular flexibility index (Phi) is 19.5. The van der Waals surface area contributed by atoms with Gasteiger partial charge in [-0.25, -0.2) is 0 Å². The summed E-state index contributed by atoms with van der Waals surface area (Å²) >= 11 is 0. The van der Waals surface area contributed by atoms with Gasteiger partial charge in [0.05, 0.1) is 16.9 Å². The van der Waals surface area contributed by atoms with Gasteiger partial charge >= 0.3 is 0 Å². The number of nitrogens with one attached hydrogen (secondary N) is 9. The highest BCUT2D eigenvalue weighted by molar-refractivity contribution is 6.06. The number of aliphatic hydroxyl groups is 1. The Morgan fingerprint density at radius 1 is 0.409 bits per heavy atom. The van der Waals surface area contributed by atoms with E-state index in [4.69, 9.17) is 0 Å². The first-order valence-electron chi connectivity index (χ1n) is 39.5. The Morgan fingerprint density at radius 2 is 0.809 bits per heavy atom. The molecule has 6 aromatic carbocycles. The number of hydrogen-bond acceptors (Lipinski definition) is 10. The summed E-state index contributed by atoms with van der Waals surface area (Å²) in [6.45, 7) is 2.17. The molecular formula is C91H93N11O8. The van der Waals surface area contributed by atoms with Gasteiger partial charge in [-0.05, 0) is 263 Å². The predicted molar refractivity (Wildman–Crippen MR) is 431 cm³/mol. The molecule has 110 heavy (non-hydrogen) atoms. The van der Waals surface area contributed by atoms with Crippen molar-refractivity contribution in [1.29, 1.82) is 0 Å². The lowest BCUT2D eigenvalue weighted by molar-refractivity contribution is -0.186. The highest BCUT2D eigenvalue weighted by Gasteiger charge is 2.63. The van der Waals surface area contributed by atoms with E-state index in [1.807, 2.05) is 133 Å². The molecule has 6 amide bonds. The predicted octanol–water partition coefficient (Wildman–Crippen LogP) is 18.7. The number of carbonyl (C=O) groups excluding carboxylic acids is 7. The first-order valence-corrected chi connectivity index (χ1v) is 39.5. The van der Waals surface area contributed by atoms with Crippen molar-refractivity contribution < 1.29 is 38.7 Å². The van der Waals surface area contributed by atoms with Gasteiger partial charge in [-0.15, -0.1) is 0 Å². The van der Waals surface area contributed by atoms with E-state index in [0.29, 0.717) is 53.2 Å². The second-order valence-electron chi connectivity index (χ2n) is 33.1. The van der Waals surface area contributed by atoms with Gasteiger partial charge in [0.1, 0.15) is 17.2 Å². The lowest BCUT2D eigenvalue weighted by Crippen LogP contribution is -2.61. The smallest absolute Gasteiger partial charge is 0.274 e. The summed E-state index contributed by atoms with van der Waals surface area (Å²) in [7, 11) is 0. The average Bonchev–Trinajstić information content (AvgIpc) is 0.935. The SMILES string of the molecule is C[C@]12C[C@H]3C[C@H](CC(C(=O)Nc4ccc(-c5cc6cc(NC(=O)c7ccccn7)ccc6[nH]5)cc4)(C3)C1)C2O.O=C(Nc1ccc(-c2cc3cc(NC(=O)C4CCCCC4)ccc3[nH]2)cc1)C1CCCCC1.O=C(Nc1ccc2[nH]c(-c3ccc(NC(=O)C45CC6C[C@H](C4)C(=O)[C@@H](C6)C5)cc3)cc2c1)c1ccccn1. The molecule has 0 spiro atoms. The number of Topliss-reactive ketones (excluding diaryl/α,β-unsaturated/α-hetero) is 1. The van der Waals surface area contributed by atoms with Gasteiger partial charge in [-0.3, -0.25) is 43.5 Å². The molecule has 19 nitrogen and oxygen atoms in total. The zero-order valence-electron chi connectivity index (χ0n) is 61.9. The van der Waals surface area contributed by atoms with Crippen molar-refractivity contribution in [2.75, 3.05) is 31.9 Å². The molecule has 0 saturated heterocycles. The average molecular weight is 1470 g/mol. The Labute approximate surface area is 638 Å². The van der Waals surface area contributed by atoms with E-state index in [1.54, 1.807) is 48.8 Å². The zero-order valence-corrected chi connectivity index (χ0v) is 61.9. The maximum absolute atomic E-state index is 13.6. The molecular weight excluding hydrogens is 1380 g/mol. The number of amides is 6. The Hall–Kier alpha value is -11.3. The number of anilines is 6. The lowest BCUT2D eigenvalue weighted by atomic mass is 9.43. The van der Waals surface area contributed by atoms with Crippen molar-refractivity contribution in [2.24, 2.45) is 57.7 Å². The number of hydrogen-bond donors (Lipinski definition) is 10. The number of rotatable bonds is 15. The summed E-state index contributed by atoms with van der Waals surface area (Å²) < 4.78 is 0. The number of aliphatic hydroxyl groups excluding tert-OH is 1. The van der Waals surface area contributed by atoms with Crippen molar-refractivity contribution in [3.63, 3.8) is 0 Å². The first-order chi connectivity index (χ1) is 53.4. The van der Waals surface area contributed by atoms with Gasteiger partial charge in [0.25, 0.3) is 11.8 Å². The first kappa shape index (κ1) is 71.6. The van der Waals surface area contributed by atoms with Crippen LogP contribution in [0.25, 0.3) is 66.5 Å². The van der Waals surface area contributed by atoms with Gasteiger partial charge in [0.2, 0.25) is 23.6 Å². The number of H-pyrrole nitrogens is 3. The fourth-order valence-electron chi connectivity index (χ4n) is 20.3. The summed E-state index contributed by atoms with van der Waals surface area (Å²) in [6.07, 6.45) is 22.9. The number of benzene rings is 6. The molecule has 10 N–H and O–H groups in total. The molecule has 0 radical (unpaired) electrons. The monoisotopic (exact) mass is 1470 g/mol. The number of pyridine rings is 2. The highest BCUT2D eigenvalue weighted by Crippen LogP contribution is 2.65. The molecule has 5 aromatic heterocycles. The van der Waals surface area contributed by atoms with Gasteiger partial charge in [0, 0.05) is 120 Å². The summed E-state index contributed by atoms with van der Waals surface area (Å²) in [5.41, 5.74) is 13.5. The quantitative estimate of drug-likeness (QED) is 0.0463. The lowest BCUT2D eigenvalue weighted by Gasteiger charge is -2.62.